The normalized spacial score (nSPS) is 14.8. The van der Waals surface area contributed by atoms with Crippen molar-refractivity contribution in [1.29, 1.82) is 0 Å². The lowest BCUT2D eigenvalue weighted by Gasteiger charge is -2.09. The van der Waals surface area contributed by atoms with Crippen LogP contribution in [-0.2, 0) is 11.4 Å². The molecule has 0 saturated carbocycles. The fourth-order valence-corrected chi connectivity index (χ4v) is 4.02. The number of nitrogens with zero attached hydrogens (tertiary/aromatic N) is 2. The van der Waals surface area contributed by atoms with E-state index in [1.165, 1.54) is 0 Å². The number of hydrogen-bond donors (Lipinski definition) is 1. The van der Waals surface area contributed by atoms with Crippen LogP contribution in [0.1, 0.15) is 17.0 Å². The second kappa shape index (κ2) is 8.32. The van der Waals surface area contributed by atoms with Crippen LogP contribution in [0.3, 0.4) is 0 Å². The zero-order chi connectivity index (χ0) is 22.1. The first-order valence-electron chi connectivity index (χ1n) is 9.84. The number of imide groups is 1. The molecule has 0 unspecified atom stereocenters. The van der Waals surface area contributed by atoms with Gasteiger partial charge in [0, 0.05) is 18.7 Å². The molecule has 1 aliphatic rings. The molecule has 32 heavy (non-hydrogen) atoms. The van der Waals surface area contributed by atoms with Crippen LogP contribution in [0, 0.1) is 6.92 Å². The lowest BCUT2D eigenvalue weighted by atomic mass is 10.1. The van der Waals surface area contributed by atoms with Crippen LogP contribution >= 0.6 is 11.8 Å². The molecule has 7 nitrogen and oxygen atoms in total. The molecule has 3 heterocycles. The van der Waals surface area contributed by atoms with Gasteiger partial charge in [-0.05, 0) is 47.2 Å². The zero-order valence-electron chi connectivity index (χ0n) is 17.0. The fraction of sp³-hybridized carbons (Fsp3) is 0.0833. The Morgan fingerprint density at radius 2 is 1.97 bits per heavy atom. The maximum absolute atomic E-state index is 11.7. The van der Waals surface area contributed by atoms with Gasteiger partial charge in [0.2, 0.25) is 0 Å². The standard InChI is InChI=1S/C24H17N3O4S/c1-14-26-19-10-17(11-20(22(19)31-14)30-13-15-5-3-2-4-6-15)18-8-7-16(12-25-18)9-21-23(28)27-24(29)32-21/h2-12H,13H2,1H3,(H,27,28,29)/b21-9-. The van der Waals surface area contributed by atoms with Crippen molar-refractivity contribution < 1.29 is 18.7 Å². The molecule has 1 saturated heterocycles. The van der Waals surface area contributed by atoms with Crippen molar-refractivity contribution in [2.24, 2.45) is 0 Å². The third kappa shape index (κ3) is 4.13. The largest absolute Gasteiger partial charge is 0.485 e. The van der Waals surface area contributed by atoms with E-state index in [4.69, 9.17) is 9.15 Å². The number of carbonyl (C=O) groups is 2. The molecule has 2 amide bonds. The van der Waals surface area contributed by atoms with Crippen molar-refractivity contribution in [2.75, 3.05) is 0 Å². The lowest BCUT2D eigenvalue weighted by molar-refractivity contribution is -0.115. The molecule has 1 fully saturated rings. The van der Waals surface area contributed by atoms with E-state index in [2.05, 4.69) is 15.3 Å². The highest BCUT2D eigenvalue weighted by atomic mass is 32.2. The summed E-state index contributed by atoms with van der Waals surface area (Å²) in [6.45, 7) is 2.20. The number of amides is 2. The zero-order valence-corrected chi connectivity index (χ0v) is 17.8. The third-order valence-corrected chi connectivity index (χ3v) is 5.63. The highest BCUT2D eigenvalue weighted by molar-refractivity contribution is 8.18. The summed E-state index contributed by atoms with van der Waals surface area (Å²) in [5.74, 6) is 0.752. The summed E-state index contributed by atoms with van der Waals surface area (Å²) in [5.41, 5.74) is 4.60. The second-order valence-electron chi connectivity index (χ2n) is 7.16. The van der Waals surface area contributed by atoms with Crippen LogP contribution in [0.4, 0.5) is 4.79 Å². The summed E-state index contributed by atoms with van der Waals surface area (Å²) in [5, 5.41) is 1.87. The summed E-state index contributed by atoms with van der Waals surface area (Å²) in [6, 6.07) is 17.4. The van der Waals surface area contributed by atoms with E-state index in [-0.39, 0.29) is 5.24 Å². The summed E-state index contributed by atoms with van der Waals surface area (Å²) in [6.07, 6.45) is 3.29. The summed E-state index contributed by atoms with van der Waals surface area (Å²) >= 11 is 0.877. The number of hydrogen-bond acceptors (Lipinski definition) is 7. The van der Waals surface area contributed by atoms with Crippen molar-refractivity contribution in [3.8, 4) is 17.0 Å². The molecule has 0 aliphatic carbocycles. The van der Waals surface area contributed by atoms with Crippen molar-refractivity contribution in [2.45, 2.75) is 13.5 Å². The number of benzene rings is 2. The number of oxazole rings is 1. The van der Waals surface area contributed by atoms with Crippen molar-refractivity contribution in [1.82, 2.24) is 15.3 Å². The maximum Gasteiger partial charge on any atom is 0.290 e. The highest BCUT2D eigenvalue weighted by Crippen LogP contribution is 2.33. The molecule has 2 aromatic heterocycles. The minimum Gasteiger partial charge on any atom is -0.485 e. The van der Waals surface area contributed by atoms with Crippen LogP contribution in [0.2, 0.25) is 0 Å². The highest BCUT2D eigenvalue weighted by Gasteiger charge is 2.25. The van der Waals surface area contributed by atoms with Gasteiger partial charge in [-0.3, -0.25) is 19.9 Å². The van der Waals surface area contributed by atoms with E-state index in [9.17, 15) is 9.59 Å². The third-order valence-electron chi connectivity index (χ3n) is 4.82. The number of aryl methyl sites for hydroxylation is 1. The predicted molar refractivity (Wildman–Crippen MR) is 122 cm³/mol. The molecule has 0 spiro atoms. The molecular formula is C24H17N3O4S. The first kappa shape index (κ1) is 20.0. The average molecular weight is 443 g/mol. The number of nitrogens with one attached hydrogen (secondary N) is 1. The Labute approximate surface area is 187 Å². The first-order chi connectivity index (χ1) is 15.5. The van der Waals surface area contributed by atoms with Crippen LogP contribution in [0.25, 0.3) is 28.4 Å². The second-order valence-corrected chi connectivity index (χ2v) is 8.17. The Bertz CT molecular complexity index is 1360. The average Bonchev–Trinajstić information content (AvgIpc) is 3.33. The molecule has 1 N–H and O–H groups in total. The Balaban J connectivity index is 1.45. The first-order valence-corrected chi connectivity index (χ1v) is 10.7. The number of carbonyl (C=O) groups excluding carboxylic acids is 2. The SMILES string of the molecule is Cc1nc2cc(-c3ccc(/C=C4\SC(=O)NC4=O)cn3)cc(OCc3ccccc3)c2o1. The number of thioether (sulfide) groups is 1. The lowest BCUT2D eigenvalue weighted by Crippen LogP contribution is -2.17. The van der Waals surface area contributed by atoms with Crippen LogP contribution in [-0.4, -0.2) is 21.1 Å². The van der Waals surface area contributed by atoms with Gasteiger partial charge in [0.15, 0.2) is 17.2 Å². The van der Waals surface area contributed by atoms with Crippen molar-refractivity contribution in [3.63, 3.8) is 0 Å². The van der Waals surface area contributed by atoms with Gasteiger partial charge < -0.3 is 9.15 Å². The van der Waals surface area contributed by atoms with Crippen LogP contribution in [0.5, 0.6) is 5.75 Å². The minimum absolute atomic E-state index is 0.348. The summed E-state index contributed by atoms with van der Waals surface area (Å²) in [7, 11) is 0. The Morgan fingerprint density at radius 1 is 1.12 bits per heavy atom. The molecule has 1 aliphatic heterocycles. The van der Waals surface area contributed by atoms with Crippen LogP contribution in [0.15, 0.2) is 70.1 Å². The number of fused-ring (bicyclic) bond motifs is 1. The van der Waals surface area contributed by atoms with E-state index in [0.717, 1.165) is 34.1 Å². The van der Waals surface area contributed by atoms with E-state index >= 15 is 0 Å². The Hall–Kier alpha value is -3.91. The monoisotopic (exact) mass is 443 g/mol. The minimum atomic E-state index is -0.392. The van der Waals surface area contributed by atoms with Gasteiger partial charge in [-0.25, -0.2) is 4.98 Å². The Kier molecular flexibility index (Phi) is 5.20. The topological polar surface area (TPSA) is 94.3 Å². The number of rotatable bonds is 5. The van der Waals surface area contributed by atoms with E-state index < -0.39 is 5.91 Å². The molecule has 0 bridgehead atoms. The van der Waals surface area contributed by atoms with Gasteiger partial charge in [0.05, 0.1) is 10.6 Å². The van der Waals surface area contributed by atoms with Crippen molar-refractivity contribution >= 4 is 40.1 Å². The van der Waals surface area contributed by atoms with Gasteiger partial charge in [0.1, 0.15) is 12.1 Å². The molecule has 158 valence electrons. The van der Waals surface area contributed by atoms with Gasteiger partial charge in [-0.2, -0.15) is 0 Å². The predicted octanol–water partition coefficient (Wildman–Crippen LogP) is 5.10. The molecular weight excluding hydrogens is 426 g/mol. The van der Waals surface area contributed by atoms with Gasteiger partial charge >= 0.3 is 0 Å². The smallest absolute Gasteiger partial charge is 0.290 e. The fourth-order valence-electron chi connectivity index (χ4n) is 3.34. The molecule has 5 rings (SSSR count). The molecule has 8 heteroatoms. The van der Waals surface area contributed by atoms with E-state index in [1.54, 1.807) is 19.2 Å². The number of pyridine rings is 1. The number of aromatic nitrogens is 2. The van der Waals surface area contributed by atoms with Gasteiger partial charge in [-0.15, -0.1) is 0 Å². The molecule has 4 aromatic rings. The molecule has 0 atom stereocenters. The van der Waals surface area contributed by atoms with E-state index in [0.29, 0.717) is 34.3 Å². The van der Waals surface area contributed by atoms with Crippen LogP contribution < -0.4 is 10.1 Å². The van der Waals surface area contributed by atoms with Gasteiger partial charge in [-0.1, -0.05) is 36.4 Å². The Morgan fingerprint density at radius 3 is 2.69 bits per heavy atom. The van der Waals surface area contributed by atoms with E-state index in [1.807, 2.05) is 54.6 Å². The summed E-state index contributed by atoms with van der Waals surface area (Å²) < 4.78 is 11.8. The quantitative estimate of drug-likeness (QED) is 0.429. The van der Waals surface area contributed by atoms with Crippen molar-refractivity contribution in [3.05, 3.63) is 82.7 Å². The molecule has 2 aromatic carbocycles. The number of ether oxygens (including phenoxy) is 1. The molecule has 0 radical (unpaired) electrons. The van der Waals surface area contributed by atoms with Gasteiger partial charge in [0.25, 0.3) is 11.1 Å². The maximum atomic E-state index is 11.7. The summed E-state index contributed by atoms with van der Waals surface area (Å²) in [4.78, 5) is 32.4.